The van der Waals surface area contributed by atoms with Gasteiger partial charge in [0.15, 0.2) is 0 Å². The highest BCUT2D eigenvalue weighted by Crippen LogP contribution is 2.20. The van der Waals surface area contributed by atoms with Crippen LogP contribution in [0, 0.1) is 0 Å². The number of para-hydroxylation sites is 4. The molecule has 1 atom stereocenters. The van der Waals surface area contributed by atoms with Crippen LogP contribution >= 0.6 is 11.8 Å². The number of nitrogens with one attached hydrogen (secondary N) is 2. The molecule has 0 fully saturated rings. The van der Waals surface area contributed by atoms with Gasteiger partial charge < -0.3 is 10.3 Å². The first kappa shape index (κ1) is 17.5. The number of hydrogen-bond acceptors (Lipinski definition) is 5. The second-order valence-corrected chi connectivity index (χ2v) is 7.18. The summed E-state index contributed by atoms with van der Waals surface area (Å²) in [6.45, 7) is 0. The maximum Gasteiger partial charge on any atom is 0.272 e. The van der Waals surface area contributed by atoms with Gasteiger partial charge in [-0.3, -0.25) is 9.78 Å². The number of benzene rings is 2. The Bertz CT molecular complexity index is 1060. The lowest BCUT2D eigenvalue weighted by atomic mass is 10.2. The van der Waals surface area contributed by atoms with E-state index in [1.54, 1.807) is 11.8 Å². The van der Waals surface area contributed by atoms with Crippen molar-refractivity contribution in [1.82, 2.24) is 25.3 Å². The Morgan fingerprint density at radius 1 is 1.07 bits per heavy atom. The van der Waals surface area contributed by atoms with Crippen LogP contribution in [0.4, 0.5) is 0 Å². The number of rotatable bonds is 6. The van der Waals surface area contributed by atoms with Gasteiger partial charge in [0, 0.05) is 0 Å². The normalized spacial score (nSPS) is 12.3. The number of thioether (sulfide) groups is 1. The topological polar surface area (TPSA) is 83.6 Å². The quantitative estimate of drug-likeness (QED) is 0.535. The predicted octanol–water partition coefficient (Wildman–Crippen LogP) is 3.73. The Balaban J connectivity index is 1.60. The second kappa shape index (κ2) is 7.75. The highest BCUT2D eigenvalue weighted by Gasteiger charge is 2.20. The molecular formula is C20H19N5OS. The van der Waals surface area contributed by atoms with E-state index >= 15 is 0 Å². The molecule has 2 aromatic heterocycles. The van der Waals surface area contributed by atoms with E-state index in [9.17, 15) is 4.79 Å². The van der Waals surface area contributed by atoms with Crippen LogP contribution in [0.3, 0.4) is 0 Å². The molecule has 1 amide bonds. The van der Waals surface area contributed by atoms with E-state index in [0.29, 0.717) is 11.2 Å². The summed E-state index contributed by atoms with van der Waals surface area (Å²) in [6.07, 6.45) is 4.34. The monoisotopic (exact) mass is 377 g/mol. The maximum atomic E-state index is 12.8. The van der Waals surface area contributed by atoms with Crippen LogP contribution in [-0.4, -0.2) is 37.9 Å². The summed E-state index contributed by atoms with van der Waals surface area (Å²) >= 11 is 1.74. The SMILES string of the molecule is CSCC[C@@H](NC(=O)c1cnc2ccccc2n1)c1nc2ccccc2[nH]1. The summed E-state index contributed by atoms with van der Waals surface area (Å²) < 4.78 is 0. The average Bonchev–Trinajstić information content (AvgIpc) is 3.14. The van der Waals surface area contributed by atoms with Crippen molar-refractivity contribution in [2.45, 2.75) is 12.5 Å². The minimum absolute atomic E-state index is 0.217. The molecule has 0 aliphatic carbocycles. The first-order valence-electron chi connectivity index (χ1n) is 8.71. The number of hydrogen-bond donors (Lipinski definition) is 2. The van der Waals surface area contributed by atoms with Crippen LogP contribution < -0.4 is 5.32 Å². The third-order valence-electron chi connectivity index (χ3n) is 4.33. The Morgan fingerprint density at radius 2 is 1.81 bits per heavy atom. The molecule has 136 valence electrons. The summed E-state index contributed by atoms with van der Waals surface area (Å²) in [5.41, 5.74) is 3.63. The Hall–Kier alpha value is -2.93. The lowest BCUT2D eigenvalue weighted by Crippen LogP contribution is -2.30. The number of aromatic amines is 1. The smallest absolute Gasteiger partial charge is 0.272 e. The third kappa shape index (κ3) is 3.78. The van der Waals surface area contributed by atoms with Crippen LogP contribution in [0.2, 0.25) is 0 Å². The zero-order valence-corrected chi connectivity index (χ0v) is 15.7. The van der Waals surface area contributed by atoms with Crippen molar-refractivity contribution in [3.05, 3.63) is 66.2 Å². The molecule has 0 radical (unpaired) electrons. The number of amides is 1. The summed E-state index contributed by atoms with van der Waals surface area (Å²) in [6, 6.07) is 15.1. The van der Waals surface area contributed by atoms with Gasteiger partial charge in [-0.25, -0.2) is 9.97 Å². The first-order valence-corrected chi connectivity index (χ1v) is 10.1. The van der Waals surface area contributed by atoms with E-state index < -0.39 is 0 Å². The van der Waals surface area contributed by atoms with Crippen molar-refractivity contribution in [3.63, 3.8) is 0 Å². The van der Waals surface area contributed by atoms with E-state index in [4.69, 9.17) is 0 Å². The molecule has 27 heavy (non-hydrogen) atoms. The van der Waals surface area contributed by atoms with Gasteiger partial charge in [-0.1, -0.05) is 24.3 Å². The Kier molecular flexibility index (Phi) is 5.02. The van der Waals surface area contributed by atoms with Gasteiger partial charge in [-0.2, -0.15) is 11.8 Å². The summed E-state index contributed by atoms with van der Waals surface area (Å²) in [5.74, 6) is 1.41. The van der Waals surface area contributed by atoms with E-state index in [2.05, 4.69) is 25.3 Å². The molecule has 0 unspecified atom stereocenters. The van der Waals surface area contributed by atoms with Crippen LogP contribution in [0.15, 0.2) is 54.7 Å². The average molecular weight is 377 g/mol. The third-order valence-corrected chi connectivity index (χ3v) is 4.98. The fraction of sp³-hybridized carbons (Fsp3) is 0.200. The molecule has 4 aromatic rings. The van der Waals surface area contributed by atoms with Gasteiger partial charge in [0.1, 0.15) is 11.5 Å². The minimum atomic E-state index is -0.250. The van der Waals surface area contributed by atoms with Gasteiger partial charge in [0.25, 0.3) is 5.91 Å². The lowest BCUT2D eigenvalue weighted by molar-refractivity contribution is 0.0929. The fourth-order valence-corrected chi connectivity index (χ4v) is 3.42. The molecule has 7 heteroatoms. The molecule has 2 N–H and O–H groups in total. The summed E-state index contributed by atoms with van der Waals surface area (Å²) in [4.78, 5) is 29.5. The van der Waals surface area contributed by atoms with E-state index in [0.717, 1.165) is 34.5 Å². The molecule has 4 rings (SSSR count). The largest absolute Gasteiger partial charge is 0.341 e. The molecule has 0 bridgehead atoms. The molecule has 6 nitrogen and oxygen atoms in total. The molecule has 0 saturated heterocycles. The van der Waals surface area contributed by atoms with Crippen LogP contribution in [0.25, 0.3) is 22.1 Å². The van der Waals surface area contributed by atoms with E-state index in [-0.39, 0.29) is 11.9 Å². The maximum absolute atomic E-state index is 12.8. The summed E-state index contributed by atoms with van der Waals surface area (Å²) in [7, 11) is 0. The number of imidazole rings is 1. The number of aromatic nitrogens is 4. The number of carbonyl (C=O) groups excluding carboxylic acids is 1. The molecule has 0 saturated carbocycles. The highest BCUT2D eigenvalue weighted by molar-refractivity contribution is 7.98. The fourth-order valence-electron chi connectivity index (χ4n) is 2.95. The highest BCUT2D eigenvalue weighted by atomic mass is 32.2. The van der Waals surface area contributed by atoms with Crippen LogP contribution in [0.5, 0.6) is 0 Å². The van der Waals surface area contributed by atoms with Crippen molar-refractivity contribution in [1.29, 1.82) is 0 Å². The van der Waals surface area contributed by atoms with Gasteiger partial charge in [-0.05, 0) is 42.7 Å². The number of fused-ring (bicyclic) bond motifs is 2. The van der Waals surface area contributed by atoms with Gasteiger partial charge >= 0.3 is 0 Å². The zero-order valence-electron chi connectivity index (χ0n) is 14.8. The first-order chi connectivity index (χ1) is 13.2. The molecule has 0 spiro atoms. The van der Waals surface area contributed by atoms with Crippen molar-refractivity contribution < 1.29 is 4.79 Å². The van der Waals surface area contributed by atoms with Gasteiger partial charge in [-0.15, -0.1) is 0 Å². The molecular weight excluding hydrogens is 358 g/mol. The van der Waals surface area contributed by atoms with Gasteiger partial charge in [0.2, 0.25) is 0 Å². The van der Waals surface area contributed by atoms with Crippen LogP contribution in [0.1, 0.15) is 28.8 Å². The van der Waals surface area contributed by atoms with Crippen LogP contribution in [-0.2, 0) is 0 Å². The number of carbonyl (C=O) groups is 1. The molecule has 2 heterocycles. The van der Waals surface area contributed by atoms with Crippen molar-refractivity contribution in [3.8, 4) is 0 Å². The summed E-state index contributed by atoms with van der Waals surface area (Å²) in [5, 5.41) is 3.06. The molecule has 0 aliphatic rings. The second-order valence-electron chi connectivity index (χ2n) is 6.19. The zero-order chi connectivity index (χ0) is 18.6. The number of nitrogens with zero attached hydrogens (tertiary/aromatic N) is 3. The van der Waals surface area contributed by atoms with Crippen molar-refractivity contribution >= 4 is 39.7 Å². The number of H-pyrrole nitrogens is 1. The Morgan fingerprint density at radius 3 is 2.59 bits per heavy atom. The minimum Gasteiger partial charge on any atom is -0.341 e. The molecule has 2 aromatic carbocycles. The van der Waals surface area contributed by atoms with E-state index in [1.165, 1.54) is 6.20 Å². The molecule has 0 aliphatic heterocycles. The van der Waals surface area contributed by atoms with Crippen molar-refractivity contribution in [2.75, 3.05) is 12.0 Å². The van der Waals surface area contributed by atoms with Crippen molar-refractivity contribution in [2.24, 2.45) is 0 Å². The standard InChI is InChI=1S/C20H19N5OS/c1-27-11-10-17(19-23-15-8-4-5-9-16(15)24-19)25-20(26)18-12-21-13-6-2-3-7-14(13)22-18/h2-9,12,17H,10-11H2,1H3,(H,23,24)(H,25,26)/t17-/m1/s1. The lowest BCUT2D eigenvalue weighted by Gasteiger charge is -2.16. The van der Waals surface area contributed by atoms with Gasteiger partial charge in [0.05, 0.1) is 34.3 Å². The predicted molar refractivity (Wildman–Crippen MR) is 109 cm³/mol. The van der Waals surface area contributed by atoms with E-state index in [1.807, 2.05) is 54.8 Å². The Labute approximate surface area is 160 Å².